The molecule has 3 N–H and O–H groups in total. The van der Waals surface area contributed by atoms with Crippen LogP contribution in [-0.2, 0) is 17.6 Å². The molecular weight excluding hydrogens is 536 g/mol. The van der Waals surface area contributed by atoms with Crippen molar-refractivity contribution in [3.05, 3.63) is 89.6 Å². The van der Waals surface area contributed by atoms with Crippen LogP contribution in [-0.4, -0.2) is 63.9 Å². The number of rotatable bonds is 14. The molecule has 3 atom stereocenters. The van der Waals surface area contributed by atoms with Gasteiger partial charge in [-0.15, -0.1) is 0 Å². The zero-order valence-corrected chi connectivity index (χ0v) is 23.8. The maximum Gasteiger partial charge on any atom is 0.405 e. The molecule has 4 rings (SSSR count). The van der Waals surface area contributed by atoms with Gasteiger partial charge >= 0.3 is 6.09 Å². The van der Waals surface area contributed by atoms with Gasteiger partial charge in [0.05, 0.1) is 6.04 Å². The van der Waals surface area contributed by atoms with Gasteiger partial charge in [0, 0.05) is 13.1 Å². The zero-order chi connectivity index (χ0) is 29.9. The highest BCUT2D eigenvalue weighted by Gasteiger charge is 2.32. The van der Waals surface area contributed by atoms with Crippen molar-refractivity contribution in [2.24, 2.45) is 5.92 Å². The highest BCUT2D eigenvalue weighted by Crippen LogP contribution is 2.18. The van der Waals surface area contributed by atoms with Crippen LogP contribution < -0.4 is 10.6 Å². The Labute approximate surface area is 245 Å². The van der Waals surface area contributed by atoms with E-state index in [1.165, 1.54) is 6.26 Å². The maximum absolute atomic E-state index is 13.6. The number of nitrogens with zero attached hydrogens (tertiary/aromatic N) is 2. The van der Waals surface area contributed by atoms with Gasteiger partial charge < -0.3 is 25.1 Å². The van der Waals surface area contributed by atoms with Gasteiger partial charge in [-0.1, -0.05) is 67.6 Å². The van der Waals surface area contributed by atoms with E-state index in [0.29, 0.717) is 19.5 Å². The van der Waals surface area contributed by atoms with E-state index in [9.17, 15) is 24.3 Å². The molecule has 0 spiro atoms. The van der Waals surface area contributed by atoms with Crippen LogP contribution >= 0.6 is 0 Å². The first-order chi connectivity index (χ1) is 20.3. The molecule has 2 heterocycles. The highest BCUT2D eigenvalue weighted by atomic mass is 16.4. The number of benzene rings is 2. The summed E-state index contributed by atoms with van der Waals surface area (Å²) < 4.78 is 5.42. The second-order valence-corrected chi connectivity index (χ2v) is 10.9. The molecule has 1 aliphatic heterocycles. The summed E-state index contributed by atoms with van der Waals surface area (Å²) in [6, 6.07) is 17.4. The van der Waals surface area contributed by atoms with E-state index in [1.807, 2.05) is 67.6 Å². The molecule has 10 nitrogen and oxygen atoms in total. The van der Waals surface area contributed by atoms with Gasteiger partial charge in [0.2, 0.25) is 11.7 Å². The van der Waals surface area contributed by atoms with Gasteiger partial charge in [-0.05, 0) is 62.0 Å². The van der Waals surface area contributed by atoms with Gasteiger partial charge in [-0.25, -0.2) is 9.78 Å². The number of amides is 3. The second kappa shape index (κ2) is 15.0. The number of aromatic nitrogens is 1. The van der Waals surface area contributed by atoms with Crippen LogP contribution in [0.4, 0.5) is 4.79 Å². The molecule has 3 unspecified atom stereocenters. The molecule has 1 aromatic heterocycles. The minimum Gasteiger partial charge on any atom is -0.465 e. The van der Waals surface area contributed by atoms with E-state index < -0.39 is 29.9 Å². The van der Waals surface area contributed by atoms with Crippen LogP contribution in [0.2, 0.25) is 0 Å². The quantitative estimate of drug-likeness (QED) is 0.241. The first kappa shape index (κ1) is 30.5. The molecule has 3 aromatic rings. The second-order valence-electron chi connectivity index (χ2n) is 10.9. The third-order valence-electron chi connectivity index (χ3n) is 7.55. The number of nitrogens with one attached hydrogen (secondary N) is 2. The number of oxazole rings is 1. The van der Waals surface area contributed by atoms with Gasteiger partial charge in [-0.2, -0.15) is 0 Å². The predicted octanol–water partition coefficient (Wildman–Crippen LogP) is 4.51. The Morgan fingerprint density at radius 2 is 1.48 bits per heavy atom. The van der Waals surface area contributed by atoms with Crippen LogP contribution in [0, 0.1) is 5.92 Å². The first-order valence-corrected chi connectivity index (χ1v) is 14.5. The molecule has 1 aliphatic rings. The Balaban J connectivity index is 1.46. The standard InChI is InChI=1S/C32H38N4O6/c1-22(14-15-23-10-4-2-5-11-23)20-26(35-32(40)41)29(38)33-25(17-16-24-12-6-3-7-13-24)28(37)30-34-27(21-42-30)31(39)36-18-8-9-19-36/h2-7,10-13,21-22,25-26,35H,8-9,14-20H2,1H3,(H,33,38)(H,40,41). The summed E-state index contributed by atoms with van der Waals surface area (Å²) in [5.41, 5.74) is 2.18. The van der Waals surface area contributed by atoms with Crippen molar-refractivity contribution < 1.29 is 28.7 Å². The summed E-state index contributed by atoms with van der Waals surface area (Å²) in [6.45, 7) is 3.23. The Bertz CT molecular complexity index is 1340. The molecule has 0 aliphatic carbocycles. The summed E-state index contributed by atoms with van der Waals surface area (Å²) in [4.78, 5) is 57.1. The number of Topliss-reactive ketones (excluding diaryl/α,β-unsaturated/α-hetero) is 1. The van der Waals surface area contributed by atoms with Crippen LogP contribution in [0.1, 0.15) is 71.3 Å². The predicted molar refractivity (Wildman–Crippen MR) is 156 cm³/mol. The van der Waals surface area contributed by atoms with Crippen LogP contribution in [0.25, 0.3) is 0 Å². The Morgan fingerprint density at radius 1 is 0.881 bits per heavy atom. The number of carboxylic acid groups (broad SMARTS) is 1. The van der Waals surface area contributed by atoms with Crippen LogP contribution in [0.15, 0.2) is 71.3 Å². The fourth-order valence-corrected chi connectivity index (χ4v) is 5.17. The van der Waals surface area contributed by atoms with E-state index >= 15 is 0 Å². The number of hydrogen-bond donors (Lipinski definition) is 3. The third-order valence-corrected chi connectivity index (χ3v) is 7.55. The Kier molecular flexibility index (Phi) is 10.9. The molecule has 1 saturated heterocycles. The molecule has 42 heavy (non-hydrogen) atoms. The van der Waals surface area contributed by atoms with E-state index in [4.69, 9.17) is 4.42 Å². The molecule has 0 saturated carbocycles. The summed E-state index contributed by atoms with van der Waals surface area (Å²) in [6.07, 6.45) is 4.21. The van der Waals surface area contributed by atoms with E-state index in [1.54, 1.807) is 4.90 Å². The summed E-state index contributed by atoms with van der Waals surface area (Å²) >= 11 is 0. The smallest absolute Gasteiger partial charge is 0.405 e. The van der Waals surface area contributed by atoms with Crippen molar-refractivity contribution in [3.8, 4) is 0 Å². The Morgan fingerprint density at radius 3 is 2.07 bits per heavy atom. The third kappa shape index (κ3) is 8.76. The van der Waals surface area contributed by atoms with E-state index in [0.717, 1.165) is 36.8 Å². The average molecular weight is 575 g/mol. The minimum atomic E-state index is -1.32. The number of likely N-dealkylation sites (tertiary alicyclic amines) is 1. The van der Waals surface area contributed by atoms with Crippen LogP contribution in [0.5, 0.6) is 0 Å². The van der Waals surface area contributed by atoms with E-state index in [-0.39, 0.29) is 36.3 Å². The fraction of sp³-hybridized carbons (Fsp3) is 0.406. The van der Waals surface area contributed by atoms with Gasteiger partial charge in [0.15, 0.2) is 5.69 Å². The summed E-state index contributed by atoms with van der Waals surface area (Å²) in [5, 5.41) is 14.5. The van der Waals surface area contributed by atoms with Crippen molar-refractivity contribution in [2.75, 3.05) is 13.1 Å². The maximum atomic E-state index is 13.6. The molecule has 0 bridgehead atoms. The monoisotopic (exact) mass is 574 g/mol. The topological polar surface area (TPSA) is 142 Å². The van der Waals surface area contributed by atoms with Crippen molar-refractivity contribution in [1.82, 2.24) is 20.5 Å². The Hall–Kier alpha value is -4.47. The summed E-state index contributed by atoms with van der Waals surface area (Å²) in [7, 11) is 0. The molecular formula is C32H38N4O6. The van der Waals surface area contributed by atoms with Crippen LogP contribution in [0.3, 0.4) is 0 Å². The molecule has 222 valence electrons. The molecule has 3 amide bonds. The van der Waals surface area contributed by atoms with E-state index in [2.05, 4.69) is 15.6 Å². The van der Waals surface area contributed by atoms with Crippen molar-refractivity contribution >= 4 is 23.7 Å². The molecule has 10 heteroatoms. The number of hydrogen-bond acceptors (Lipinski definition) is 6. The number of carbonyl (C=O) groups excluding carboxylic acids is 3. The fourth-order valence-electron chi connectivity index (χ4n) is 5.17. The van der Waals surface area contributed by atoms with Gasteiger partial charge in [0.25, 0.3) is 11.8 Å². The number of ketones is 1. The minimum absolute atomic E-state index is 0.0252. The number of carbonyl (C=O) groups is 4. The average Bonchev–Trinajstić information content (AvgIpc) is 3.71. The lowest BCUT2D eigenvalue weighted by molar-refractivity contribution is -0.124. The lowest BCUT2D eigenvalue weighted by atomic mass is 9.94. The highest BCUT2D eigenvalue weighted by molar-refractivity contribution is 6.00. The largest absolute Gasteiger partial charge is 0.465 e. The summed E-state index contributed by atoms with van der Waals surface area (Å²) in [5.74, 6) is -1.72. The number of aryl methyl sites for hydroxylation is 2. The van der Waals surface area contributed by atoms with Gasteiger partial charge in [-0.3, -0.25) is 14.4 Å². The lowest BCUT2D eigenvalue weighted by Gasteiger charge is -2.23. The first-order valence-electron chi connectivity index (χ1n) is 14.5. The van der Waals surface area contributed by atoms with Gasteiger partial charge in [0.1, 0.15) is 12.3 Å². The van der Waals surface area contributed by atoms with Crippen molar-refractivity contribution in [1.29, 1.82) is 0 Å². The molecule has 0 radical (unpaired) electrons. The zero-order valence-electron chi connectivity index (χ0n) is 23.8. The molecule has 2 aromatic carbocycles. The van der Waals surface area contributed by atoms with Crippen molar-refractivity contribution in [3.63, 3.8) is 0 Å². The normalized spacial score (nSPS) is 15.0. The lowest BCUT2D eigenvalue weighted by Crippen LogP contribution is -2.52. The van der Waals surface area contributed by atoms with Crippen molar-refractivity contribution in [2.45, 2.75) is 64.0 Å². The SMILES string of the molecule is CC(CCc1ccccc1)CC(NC(=O)O)C(=O)NC(CCc1ccccc1)C(=O)c1nc(C(=O)N2CCCC2)co1. The molecule has 1 fully saturated rings.